The lowest BCUT2D eigenvalue weighted by Gasteiger charge is -2.35. The summed E-state index contributed by atoms with van der Waals surface area (Å²) in [5.74, 6) is -0.328. The Labute approximate surface area is 138 Å². The highest BCUT2D eigenvalue weighted by Gasteiger charge is 2.31. The minimum Gasteiger partial charge on any atom is -0.314 e. The van der Waals surface area contributed by atoms with Gasteiger partial charge in [-0.3, -0.25) is 4.90 Å². The van der Waals surface area contributed by atoms with E-state index in [9.17, 15) is 17.6 Å². The molecular formula is C18H18F4N2. The van der Waals surface area contributed by atoms with Crippen LogP contribution in [0.25, 0.3) is 0 Å². The highest BCUT2D eigenvalue weighted by Crippen LogP contribution is 2.33. The van der Waals surface area contributed by atoms with Crippen LogP contribution >= 0.6 is 0 Å². The van der Waals surface area contributed by atoms with Crippen LogP contribution < -0.4 is 5.32 Å². The lowest BCUT2D eigenvalue weighted by molar-refractivity contribution is -0.137. The molecule has 1 heterocycles. The van der Waals surface area contributed by atoms with Gasteiger partial charge in [-0.05, 0) is 35.4 Å². The summed E-state index contributed by atoms with van der Waals surface area (Å²) in [6, 6.07) is 11.2. The fraction of sp³-hybridized carbons (Fsp3) is 0.333. The molecule has 2 aromatic carbocycles. The second kappa shape index (κ2) is 6.91. The van der Waals surface area contributed by atoms with Crippen LogP contribution in [0.5, 0.6) is 0 Å². The first-order chi connectivity index (χ1) is 11.4. The fourth-order valence-electron chi connectivity index (χ4n) is 3.05. The minimum atomic E-state index is -4.35. The molecule has 0 amide bonds. The number of rotatable bonds is 3. The molecule has 0 unspecified atom stereocenters. The molecule has 1 aliphatic heterocycles. The van der Waals surface area contributed by atoms with Crippen molar-refractivity contribution < 1.29 is 17.6 Å². The van der Waals surface area contributed by atoms with E-state index in [0.29, 0.717) is 0 Å². The summed E-state index contributed by atoms with van der Waals surface area (Å²) >= 11 is 0. The van der Waals surface area contributed by atoms with Gasteiger partial charge in [0.25, 0.3) is 0 Å². The molecule has 128 valence electrons. The van der Waals surface area contributed by atoms with E-state index in [0.717, 1.165) is 49.4 Å². The maximum Gasteiger partial charge on any atom is 0.416 e. The molecule has 6 heteroatoms. The molecule has 2 aromatic rings. The van der Waals surface area contributed by atoms with Gasteiger partial charge in [0, 0.05) is 26.2 Å². The summed E-state index contributed by atoms with van der Waals surface area (Å²) < 4.78 is 51.6. The molecule has 1 fully saturated rings. The van der Waals surface area contributed by atoms with E-state index in [1.807, 2.05) is 0 Å². The van der Waals surface area contributed by atoms with E-state index in [1.165, 1.54) is 24.3 Å². The number of benzene rings is 2. The van der Waals surface area contributed by atoms with Gasteiger partial charge in [0.1, 0.15) is 5.82 Å². The van der Waals surface area contributed by atoms with Crippen molar-refractivity contribution >= 4 is 0 Å². The molecule has 1 aliphatic rings. The molecule has 0 radical (unpaired) electrons. The van der Waals surface area contributed by atoms with Gasteiger partial charge in [-0.15, -0.1) is 0 Å². The van der Waals surface area contributed by atoms with Crippen LogP contribution in [0.1, 0.15) is 22.7 Å². The first-order valence-corrected chi connectivity index (χ1v) is 7.82. The zero-order valence-corrected chi connectivity index (χ0v) is 13.0. The number of hydrogen-bond acceptors (Lipinski definition) is 2. The number of piperazine rings is 1. The lowest BCUT2D eigenvalue weighted by atomic mass is 9.95. The zero-order valence-electron chi connectivity index (χ0n) is 13.0. The van der Waals surface area contributed by atoms with Crippen LogP contribution in [0.3, 0.4) is 0 Å². The van der Waals surface area contributed by atoms with Gasteiger partial charge < -0.3 is 5.32 Å². The smallest absolute Gasteiger partial charge is 0.314 e. The molecular weight excluding hydrogens is 320 g/mol. The molecule has 3 rings (SSSR count). The Hall–Kier alpha value is -1.92. The van der Waals surface area contributed by atoms with Crippen molar-refractivity contribution in [2.75, 3.05) is 26.2 Å². The summed E-state index contributed by atoms with van der Waals surface area (Å²) in [7, 11) is 0. The second-order valence-electron chi connectivity index (χ2n) is 5.86. The number of hydrogen-bond donors (Lipinski definition) is 1. The van der Waals surface area contributed by atoms with Crippen LogP contribution in [-0.4, -0.2) is 31.1 Å². The van der Waals surface area contributed by atoms with Crippen molar-refractivity contribution in [1.82, 2.24) is 10.2 Å². The third-order valence-electron chi connectivity index (χ3n) is 4.26. The van der Waals surface area contributed by atoms with E-state index in [2.05, 4.69) is 10.2 Å². The maximum absolute atomic E-state index is 13.2. The van der Waals surface area contributed by atoms with Crippen LogP contribution in [0.15, 0.2) is 48.5 Å². The largest absolute Gasteiger partial charge is 0.416 e. The Morgan fingerprint density at radius 1 is 0.833 bits per heavy atom. The number of alkyl halides is 3. The predicted octanol–water partition coefficient (Wildman–Crippen LogP) is 3.84. The van der Waals surface area contributed by atoms with Crippen LogP contribution in [0, 0.1) is 5.82 Å². The van der Waals surface area contributed by atoms with E-state index >= 15 is 0 Å². The van der Waals surface area contributed by atoms with Gasteiger partial charge in [0.05, 0.1) is 11.6 Å². The maximum atomic E-state index is 13.2. The molecule has 2 nitrogen and oxygen atoms in total. The molecule has 0 spiro atoms. The summed E-state index contributed by atoms with van der Waals surface area (Å²) in [6.07, 6.45) is -4.35. The SMILES string of the molecule is Fc1ccc([C@H](c2ccc(C(F)(F)F)cc2)N2CCNCC2)cc1. The van der Waals surface area contributed by atoms with Crippen molar-refractivity contribution in [2.24, 2.45) is 0 Å². The number of nitrogens with one attached hydrogen (secondary N) is 1. The topological polar surface area (TPSA) is 15.3 Å². The van der Waals surface area contributed by atoms with E-state index in [4.69, 9.17) is 0 Å². The summed E-state index contributed by atoms with van der Waals surface area (Å²) in [6.45, 7) is 3.20. The quantitative estimate of drug-likeness (QED) is 0.856. The third-order valence-corrected chi connectivity index (χ3v) is 4.26. The van der Waals surface area contributed by atoms with Crippen molar-refractivity contribution in [1.29, 1.82) is 0 Å². The van der Waals surface area contributed by atoms with E-state index in [-0.39, 0.29) is 11.9 Å². The van der Waals surface area contributed by atoms with Crippen molar-refractivity contribution in [3.63, 3.8) is 0 Å². The summed E-state index contributed by atoms with van der Waals surface area (Å²) in [5.41, 5.74) is 0.985. The summed E-state index contributed by atoms with van der Waals surface area (Å²) in [5, 5.41) is 3.26. The molecule has 24 heavy (non-hydrogen) atoms. The highest BCUT2D eigenvalue weighted by atomic mass is 19.4. The monoisotopic (exact) mass is 338 g/mol. The first kappa shape index (κ1) is 16.9. The van der Waals surface area contributed by atoms with Gasteiger partial charge >= 0.3 is 6.18 Å². The van der Waals surface area contributed by atoms with Crippen LogP contribution in [0.4, 0.5) is 17.6 Å². The standard InChI is InChI=1S/C18H18F4N2/c19-16-7-3-14(4-8-16)17(24-11-9-23-10-12-24)13-1-5-15(6-2-13)18(20,21)22/h1-8,17,23H,9-12H2/t17-/m0/s1. The van der Waals surface area contributed by atoms with E-state index in [1.54, 1.807) is 12.1 Å². The Morgan fingerprint density at radius 3 is 1.83 bits per heavy atom. The highest BCUT2D eigenvalue weighted by molar-refractivity contribution is 5.34. The van der Waals surface area contributed by atoms with Crippen molar-refractivity contribution in [3.05, 3.63) is 71.0 Å². The molecule has 0 aromatic heterocycles. The lowest BCUT2D eigenvalue weighted by Crippen LogP contribution is -2.45. The molecule has 1 N–H and O–H groups in total. The number of nitrogens with zero attached hydrogens (tertiary/aromatic N) is 1. The van der Waals surface area contributed by atoms with Gasteiger partial charge in [-0.1, -0.05) is 24.3 Å². The molecule has 1 atom stereocenters. The minimum absolute atomic E-state index is 0.185. The average Bonchev–Trinajstić information content (AvgIpc) is 2.58. The number of halogens is 4. The molecule has 0 bridgehead atoms. The summed E-state index contributed by atoms with van der Waals surface area (Å²) in [4.78, 5) is 2.20. The molecule has 1 saturated heterocycles. The Bertz CT molecular complexity index is 659. The average molecular weight is 338 g/mol. The van der Waals surface area contributed by atoms with Crippen LogP contribution in [-0.2, 0) is 6.18 Å². The van der Waals surface area contributed by atoms with Gasteiger partial charge in [0.2, 0.25) is 0 Å². The fourth-order valence-corrected chi connectivity index (χ4v) is 3.05. The van der Waals surface area contributed by atoms with E-state index < -0.39 is 11.7 Å². The van der Waals surface area contributed by atoms with Crippen molar-refractivity contribution in [3.8, 4) is 0 Å². The zero-order chi connectivity index (χ0) is 17.2. The van der Waals surface area contributed by atoms with Gasteiger partial charge in [0.15, 0.2) is 0 Å². The Kier molecular flexibility index (Phi) is 4.87. The van der Waals surface area contributed by atoms with Gasteiger partial charge in [-0.2, -0.15) is 13.2 Å². The molecule has 0 saturated carbocycles. The third kappa shape index (κ3) is 3.76. The van der Waals surface area contributed by atoms with Gasteiger partial charge in [-0.25, -0.2) is 4.39 Å². The molecule has 0 aliphatic carbocycles. The Morgan fingerprint density at radius 2 is 1.33 bits per heavy atom. The Balaban J connectivity index is 1.96. The van der Waals surface area contributed by atoms with Crippen molar-refractivity contribution in [2.45, 2.75) is 12.2 Å². The normalized spacial score (nSPS) is 17.7. The first-order valence-electron chi connectivity index (χ1n) is 7.82. The second-order valence-corrected chi connectivity index (χ2v) is 5.86. The van der Waals surface area contributed by atoms with Crippen LogP contribution in [0.2, 0.25) is 0 Å². The predicted molar refractivity (Wildman–Crippen MR) is 84.1 cm³/mol.